The quantitative estimate of drug-likeness (QED) is 0.810. The summed E-state index contributed by atoms with van der Waals surface area (Å²) in [6, 6.07) is 5.77. The van der Waals surface area contributed by atoms with Crippen LogP contribution in [0.1, 0.15) is 23.0 Å². The first-order valence-corrected chi connectivity index (χ1v) is 6.42. The largest absolute Gasteiger partial charge is 0.480 e. The van der Waals surface area contributed by atoms with Crippen LogP contribution in [0, 0.1) is 12.7 Å². The number of benzene rings is 1. The van der Waals surface area contributed by atoms with Crippen molar-refractivity contribution in [3.63, 3.8) is 0 Å². The van der Waals surface area contributed by atoms with Crippen LogP contribution in [0.25, 0.3) is 11.1 Å². The summed E-state index contributed by atoms with van der Waals surface area (Å²) in [7, 11) is 1.47. The van der Waals surface area contributed by atoms with E-state index in [-0.39, 0.29) is 18.1 Å². The van der Waals surface area contributed by atoms with Crippen LogP contribution in [0.4, 0.5) is 4.39 Å². The summed E-state index contributed by atoms with van der Waals surface area (Å²) in [6.07, 6.45) is 0. The molecule has 0 unspecified atom stereocenters. The van der Waals surface area contributed by atoms with Gasteiger partial charge in [-0.3, -0.25) is 0 Å². The number of hydrogen-bond acceptors (Lipinski definition) is 5. The van der Waals surface area contributed by atoms with Crippen LogP contribution < -0.4 is 4.74 Å². The molecule has 0 aliphatic carbocycles. The Kier molecular flexibility index (Phi) is 4.47. The number of esters is 1. The SMILES string of the molecule is CCOC(=O)c1nnc(OC)c(C)c1-c1ccc(F)cc1. The molecule has 0 bridgehead atoms. The molecule has 0 aliphatic rings. The second-order valence-electron chi connectivity index (χ2n) is 4.29. The highest BCUT2D eigenvalue weighted by molar-refractivity contribution is 5.96. The maximum absolute atomic E-state index is 13.1. The molecule has 0 atom stereocenters. The van der Waals surface area contributed by atoms with Gasteiger partial charge in [-0.1, -0.05) is 12.1 Å². The second kappa shape index (κ2) is 6.30. The first kappa shape index (κ1) is 14.9. The van der Waals surface area contributed by atoms with E-state index in [1.807, 2.05) is 0 Å². The molecule has 0 N–H and O–H groups in total. The van der Waals surface area contributed by atoms with Gasteiger partial charge in [-0.2, -0.15) is 0 Å². The standard InChI is InChI=1S/C15H15FN2O3/c1-4-21-15(19)13-12(9(2)14(20-3)18-17-13)10-5-7-11(16)8-6-10/h5-8H,4H2,1-3H3. The Morgan fingerprint density at radius 2 is 1.90 bits per heavy atom. The topological polar surface area (TPSA) is 61.3 Å². The molecule has 0 radical (unpaired) electrons. The molecular formula is C15H15FN2O3. The first-order valence-electron chi connectivity index (χ1n) is 6.42. The van der Waals surface area contributed by atoms with E-state index in [2.05, 4.69) is 10.2 Å². The van der Waals surface area contributed by atoms with Crippen molar-refractivity contribution in [3.8, 4) is 17.0 Å². The Bertz CT molecular complexity index is 657. The van der Waals surface area contributed by atoms with Crippen molar-refractivity contribution in [1.29, 1.82) is 0 Å². The van der Waals surface area contributed by atoms with E-state index in [1.54, 1.807) is 26.0 Å². The summed E-state index contributed by atoms with van der Waals surface area (Å²) in [5.41, 5.74) is 1.90. The zero-order valence-electron chi connectivity index (χ0n) is 12.0. The molecule has 2 aromatic rings. The van der Waals surface area contributed by atoms with Gasteiger partial charge in [0.2, 0.25) is 5.88 Å². The van der Waals surface area contributed by atoms with Crippen LogP contribution in [-0.4, -0.2) is 29.9 Å². The average molecular weight is 290 g/mol. The number of hydrogen-bond donors (Lipinski definition) is 0. The Balaban J connectivity index is 2.64. The molecule has 0 aliphatic heterocycles. The lowest BCUT2D eigenvalue weighted by molar-refractivity contribution is 0.0519. The Hall–Kier alpha value is -2.50. The maximum atomic E-state index is 13.1. The van der Waals surface area contributed by atoms with Gasteiger partial charge in [0.15, 0.2) is 5.69 Å². The maximum Gasteiger partial charge on any atom is 0.359 e. The Morgan fingerprint density at radius 1 is 1.24 bits per heavy atom. The summed E-state index contributed by atoms with van der Waals surface area (Å²) in [5, 5.41) is 7.74. The van der Waals surface area contributed by atoms with E-state index >= 15 is 0 Å². The third-order valence-electron chi connectivity index (χ3n) is 2.97. The number of halogens is 1. The van der Waals surface area contributed by atoms with Crippen molar-refractivity contribution in [2.75, 3.05) is 13.7 Å². The summed E-state index contributed by atoms with van der Waals surface area (Å²) in [4.78, 5) is 12.0. The smallest absolute Gasteiger partial charge is 0.359 e. The van der Waals surface area contributed by atoms with Crippen LogP contribution in [0.2, 0.25) is 0 Å². The highest BCUT2D eigenvalue weighted by Crippen LogP contribution is 2.31. The van der Waals surface area contributed by atoms with Gasteiger partial charge in [0.25, 0.3) is 0 Å². The van der Waals surface area contributed by atoms with Gasteiger partial charge >= 0.3 is 5.97 Å². The van der Waals surface area contributed by atoms with Crippen LogP contribution >= 0.6 is 0 Å². The second-order valence-corrected chi connectivity index (χ2v) is 4.29. The van der Waals surface area contributed by atoms with Gasteiger partial charge in [-0.05, 0) is 31.5 Å². The number of nitrogens with zero attached hydrogens (tertiary/aromatic N) is 2. The lowest BCUT2D eigenvalue weighted by atomic mass is 10.00. The lowest BCUT2D eigenvalue weighted by Crippen LogP contribution is -2.12. The molecule has 2 rings (SSSR count). The molecule has 0 saturated carbocycles. The fourth-order valence-electron chi connectivity index (χ4n) is 2.01. The summed E-state index contributed by atoms with van der Waals surface area (Å²) in [5.74, 6) is -0.625. The van der Waals surface area contributed by atoms with Crippen LogP contribution in [0.15, 0.2) is 24.3 Å². The predicted octanol–water partition coefficient (Wildman–Crippen LogP) is 2.78. The normalized spacial score (nSPS) is 10.3. The van der Waals surface area contributed by atoms with E-state index in [9.17, 15) is 9.18 Å². The summed E-state index contributed by atoms with van der Waals surface area (Å²) < 4.78 is 23.2. The van der Waals surface area contributed by atoms with Gasteiger partial charge < -0.3 is 9.47 Å². The van der Waals surface area contributed by atoms with Crippen LogP contribution in [0.3, 0.4) is 0 Å². The molecule has 1 heterocycles. The van der Waals surface area contributed by atoms with E-state index in [0.29, 0.717) is 22.6 Å². The average Bonchev–Trinajstić information content (AvgIpc) is 2.48. The molecule has 1 aromatic heterocycles. The zero-order valence-corrected chi connectivity index (χ0v) is 12.0. The molecule has 5 nitrogen and oxygen atoms in total. The van der Waals surface area contributed by atoms with Crippen molar-refractivity contribution in [2.24, 2.45) is 0 Å². The predicted molar refractivity (Wildman–Crippen MR) is 74.7 cm³/mol. The molecule has 1 aromatic carbocycles. The molecule has 0 saturated heterocycles. The van der Waals surface area contributed by atoms with Crippen molar-refractivity contribution in [1.82, 2.24) is 10.2 Å². The molecule has 0 spiro atoms. The zero-order chi connectivity index (χ0) is 15.4. The Labute approximate surface area is 121 Å². The molecule has 6 heteroatoms. The van der Waals surface area contributed by atoms with Crippen molar-refractivity contribution < 1.29 is 18.7 Å². The molecule has 21 heavy (non-hydrogen) atoms. The van der Waals surface area contributed by atoms with E-state index in [4.69, 9.17) is 9.47 Å². The highest BCUT2D eigenvalue weighted by Gasteiger charge is 2.21. The molecule has 0 amide bonds. The summed E-state index contributed by atoms with van der Waals surface area (Å²) in [6.45, 7) is 3.70. The highest BCUT2D eigenvalue weighted by atomic mass is 19.1. The molecule has 110 valence electrons. The van der Waals surface area contributed by atoms with E-state index in [1.165, 1.54) is 19.2 Å². The minimum absolute atomic E-state index is 0.0850. The number of carbonyl (C=O) groups excluding carboxylic acids is 1. The van der Waals surface area contributed by atoms with Gasteiger partial charge in [-0.15, -0.1) is 10.2 Å². The van der Waals surface area contributed by atoms with Crippen molar-refractivity contribution >= 4 is 5.97 Å². The monoisotopic (exact) mass is 290 g/mol. The number of methoxy groups -OCH3 is 1. The van der Waals surface area contributed by atoms with Crippen LogP contribution in [-0.2, 0) is 4.74 Å². The number of rotatable bonds is 4. The third kappa shape index (κ3) is 2.99. The van der Waals surface area contributed by atoms with Gasteiger partial charge in [0.05, 0.1) is 13.7 Å². The van der Waals surface area contributed by atoms with Crippen molar-refractivity contribution in [2.45, 2.75) is 13.8 Å². The lowest BCUT2D eigenvalue weighted by Gasteiger charge is -2.13. The minimum atomic E-state index is -0.574. The molecule has 0 fully saturated rings. The number of carbonyl (C=O) groups is 1. The van der Waals surface area contributed by atoms with Gasteiger partial charge in [0, 0.05) is 11.1 Å². The molecular weight excluding hydrogens is 275 g/mol. The van der Waals surface area contributed by atoms with E-state index < -0.39 is 5.97 Å². The van der Waals surface area contributed by atoms with E-state index in [0.717, 1.165) is 0 Å². The Morgan fingerprint density at radius 3 is 2.48 bits per heavy atom. The number of ether oxygens (including phenoxy) is 2. The summed E-state index contributed by atoms with van der Waals surface area (Å²) >= 11 is 0. The fraction of sp³-hybridized carbons (Fsp3) is 0.267. The fourth-order valence-corrected chi connectivity index (χ4v) is 2.01. The third-order valence-corrected chi connectivity index (χ3v) is 2.97. The van der Waals surface area contributed by atoms with Crippen LogP contribution in [0.5, 0.6) is 5.88 Å². The first-order chi connectivity index (χ1) is 10.1. The van der Waals surface area contributed by atoms with Gasteiger partial charge in [0.1, 0.15) is 5.82 Å². The minimum Gasteiger partial charge on any atom is -0.480 e. The number of aromatic nitrogens is 2. The van der Waals surface area contributed by atoms with Crippen molar-refractivity contribution in [3.05, 3.63) is 41.3 Å². The van der Waals surface area contributed by atoms with Gasteiger partial charge in [-0.25, -0.2) is 9.18 Å².